The third-order valence-electron chi connectivity index (χ3n) is 6.13. The fourth-order valence-corrected chi connectivity index (χ4v) is 4.90. The van der Waals surface area contributed by atoms with Crippen molar-refractivity contribution in [3.8, 4) is 0 Å². The average molecular weight is 474 g/mol. The summed E-state index contributed by atoms with van der Waals surface area (Å²) in [6.45, 7) is 1.06. The van der Waals surface area contributed by atoms with Crippen LogP contribution in [-0.4, -0.2) is 40.0 Å². The molecule has 10 heteroatoms. The van der Waals surface area contributed by atoms with E-state index in [-0.39, 0.29) is 24.9 Å². The molecule has 7 nitrogen and oxygen atoms in total. The number of carbonyl (C=O) groups excluding carboxylic acids is 2. The number of aromatic nitrogens is 3. The molecule has 5 rings (SSSR count). The Kier molecular flexibility index (Phi) is 4.94. The van der Waals surface area contributed by atoms with Crippen LogP contribution < -0.4 is 10.2 Å². The molecule has 0 saturated carbocycles. The predicted octanol–water partition coefficient (Wildman–Crippen LogP) is 4.14. The molecule has 2 amide bonds. The Morgan fingerprint density at radius 2 is 1.88 bits per heavy atom. The first-order valence-corrected chi connectivity index (χ1v) is 10.8. The second-order valence-electron chi connectivity index (χ2n) is 7.90. The maximum absolute atomic E-state index is 13.7. The van der Waals surface area contributed by atoms with E-state index in [2.05, 4.69) is 15.6 Å². The van der Waals surface area contributed by atoms with E-state index >= 15 is 0 Å². The molecule has 0 saturated heterocycles. The molecule has 1 aromatic heterocycles. The zero-order valence-electron chi connectivity index (χ0n) is 17.0. The molecule has 2 atom stereocenters. The fourth-order valence-electron chi connectivity index (χ4n) is 4.60. The van der Waals surface area contributed by atoms with E-state index < -0.39 is 18.0 Å². The molecule has 32 heavy (non-hydrogen) atoms. The van der Waals surface area contributed by atoms with Crippen molar-refractivity contribution in [1.82, 2.24) is 15.0 Å². The van der Waals surface area contributed by atoms with Crippen molar-refractivity contribution in [3.63, 3.8) is 0 Å². The van der Waals surface area contributed by atoms with Crippen molar-refractivity contribution >= 4 is 46.5 Å². The van der Waals surface area contributed by atoms with Crippen LogP contribution in [0.25, 0.3) is 0 Å². The lowest BCUT2D eigenvalue weighted by Gasteiger charge is -2.31. The predicted molar refractivity (Wildman–Crippen MR) is 119 cm³/mol. The standard InChI is InChI=1S/C22H18Cl2FN5O2/c1-12(13-2-4-14(23)5-3-13)30-20-19(27-28-30)22(11-18(31)26-20)16-10-15(24)6-7-17(16)29(9-8-25)21(22)32/h2-7,10,12H,8-9,11H2,1H3,(H,26,31)/t12?,22-/m1/s1. The lowest BCUT2D eigenvalue weighted by atomic mass is 9.73. The molecule has 2 aromatic carbocycles. The van der Waals surface area contributed by atoms with Gasteiger partial charge in [0.2, 0.25) is 11.8 Å². The number of halogens is 3. The largest absolute Gasteiger partial charge is 0.309 e. The molecular formula is C22H18Cl2FN5O2. The second-order valence-corrected chi connectivity index (χ2v) is 8.77. The van der Waals surface area contributed by atoms with Crippen LogP contribution in [0.3, 0.4) is 0 Å². The first-order chi connectivity index (χ1) is 15.4. The summed E-state index contributed by atoms with van der Waals surface area (Å²) in [5, 5.41) is 12.5. The number of fused-ring (bicyclic) bond motifs is 4. The van der Waals surface area contributed by atoms with Gasteiger partial charge in [-0.3, -0.25) is 9.59 Å². The van der Waals surface area contributed by atoms with Crippen molar-refractivity contribution in [1.29, 1.82) is 0 Å². The Balaban J connectivity index is 1.69. The first kappa shape index (κ1) is 20.9. The third kappa shape index (κ3) is 2.93. The highest BCUT2D eigenvalue weighted by atomic mass is 35.5. The summed E-state index contributed by atoms with van der Waals surface area (Å²) in [4.78, 5) is 27.9. The molecule has 3 heterocycles. The smallest absolute Gasteiger partial charge is 0.244 e. The molecule has 0 radical (unpaired) electrons. The van der Waals surface area contributed by atoms with E-state index in [9.17, 15) is 14.0 Å². The number of amides is 2. The monoisotopic (exact) mass is 473 g/mol. The Bertz CT molecular complexity index is 1250. The molecule has 0 bridgehead atoms. The lowest BCUT2D eigenvalue weighted by molar-refractivity contribution is -0.126. The van der Waals surface area contributed by atoms with Crippen LogP contribution in [0.1, 0.15) is 36.2 Å². The van der Waals surface area contributed by atoms with Crippen LogP contribution in [0.5, 0.6) is 0 Å². The Hall–Kier alpha value is -2.97. The van der Waals surface area contributed by atoms with Crippen LogP contribution in [0.4, 0.5) is 15.9 Å². The number of nitrogens with one attached hydrogen (secondary N) is 1. The van der Waals surface area contributed by atoms with Gasteiger partial charge in [0.15, 0.2) is 5.82 Å². The van der Waals surface area contributed by atoms with Gasteiger partial charge in [-0.2, -0.15) is 0 Å². The molecule has 1 spiro atoms. The number of hydrogen-bond acceptors (Lipinski definition) is 4. The molecule has 0 aliphatic carbocycles. The molecule has 0 fully saturated rings. The van der Waals surface area contributed by atoms with E-state index in [1.807, 2.05) is 19.1 Å². The number of nitrogens with zero attached hydrogens (tertiary/aromatic N) is 4. The summed E-state index contributed by atoms with van der Waals surface area (Å²) in [5.74, 6) is -0.425. The van der Waals surface area contributed by atoms with Crippen LogP contribution in [0.2, 0.25) is 10.0 Å². The van der Waals surface area contributed by atoms with Gasteiger partial charge in [-0.1, -0.05) is 40.5 Å². The topological polar surface area (TPSA) is 80.1 Å². The van der Waals surface area contributed by atoms with Gasteiger partial charge in [-0.15, -0.1) is 5.10 Å². The normalized spacial score (nSPS) is 20.3. The van der Waals surface area contributed by atoms with Crippen LogP contribution in [0.15, 0.2) is 42.5 Å². The van der Waals surface area contributed by atoms with Gasteiger partial charge >= 0.3 is 0 Å². The van der Waals surface area contributed by atoms with Crippen molar-refractivity contribution in [2.24, 2.45) is 0 Å². The Morgan fingerprint density at radius 1 is 1.16 bits per heavy atom. The summed E-state index contributed by atoms with van der Waals surface area (Å²) < 4.78 is 14.9. The Morgan fingerprint density at radius 3 is 2.59 bits per heavy atom. The number of carbonyl (C=O) groups is 2. The number of benzene rings is 2. The van der Waals surface area contributed by atoms with E-state index in [0.29, 0.717) is 32.8 Å². The molecule has 3 aromatic rings. The SMILES string of the molecule is CC(c1ccc(Cl)cc1)n1nnc2c1NC(=O)C[C@]21C(=O)N(CCF)c2ccc(Cl)cc21. The van der Waals surface area contributed by atoms with Gasteiger partial charge in [0, 0.05) is 15.7 Å². The summed E-state index contributed by atoms with van der Waals surface area (Å²) in [6, 6.07) is 11.9. The van der Waals surface area contributed by atoms with E-state index in [1.165, 1.54) is 4.90 Å². The quantitative estimate of drug-likeness (QED) is 0.617. The molecule has 1 N–H and O–H groups in total. The van der Waals surface area contributed by atoms with Crippen molar-refractivity contribution in [3.05, 3.63) is 69.3 Å². The highest BCUT2D eigenvalue weighted by Crippen LogP contribution is 2.52. The highest BCUT2D eigenvalue weighted by molar-refractivity contribution is 6.31. The number of rotatable bonds is 4. The average Bonchev–Trinajstić information content (AvgIpc) is 3.28. The van der Waals surface area contributed by atoms with Gasteiger partial charge in [0.05, 0.1) is 19.0 Å². The third-order valence-corrected chi connectivity index (χ3v) is 6.62. The minimum absolute atomic E-state index is 0.124. The minimum Gasteiger partial charge on any atom is -0.309 e. The van der Waals surface area contributed by atoms with E-state index in [0.717, 1.165) is 5.56 Å². The molecule has 1 unspecified atom stereocenters. The van der Waals surface area contributed by atoms with Gasteiger partial charge in [0.25, 0.3) is 0 Å². The molecule has 2 aliphatic rings. The van der Waals surface area contributed by atoms with Crippen LogP contribution in [-0.2, 0) is 15.0 Å². The summed E-state index contributed by atoms with van der Waals surface area (Å²) in [6.07, 6.45) is -0.164. The van der Waals surface area contributed by atoms with Crippen molar-refractivity contribution < 1.29 is 14.0 Å². The summed E-state index contributed by atoms with van der Waals surface area (Å²) in [5.41, 5.74) is 0.873. The number of alkyl halides is 1. The first-order valence-electron chi connectivity index (χ1n) is 10.1. The highest BCUT2D eigenvalue weighted by Gasteiger charge is 2.58. The lowest BCUT2D eigenvalue weighted by Crippen LogP contribution is -2.47. The zero-order chi connectivity index (χ0) is 22.6. The van der Waals surface area contributed by atoms with Gasteiger partial charge in [-0.25, -0.2) is 9.07 Å². The van der Waals surface area contributed by atoms with Gasteiger partial charge < -0.3 is 10.2 Å². The maximum atomic E-state index is 13.7. The molecule has 2 aliphatic heterocycles. The van der Waals surface area contributed by atoms with Crippen molar-refractivity contribution in [2.45, 2.75) is 24.8 Å². The van der Waals surface area contributed by atoms with E-state index in [4.69, 9.17) is 23.2 Å². The molecule has 164 valence electrons. The summed E-state index contributed by atoms with van der Waals surface area (Å²) in [7, 11) is 0. The minimum atomic E-state index is -1.41. The number of anilines is 2. The molecular weight excluding hydrogens is 456 g/mol. The fraction of sp³-hybridized carbons (Fsp3) is 0.273. The van der Waals surface area contributed by atoms with Crippen LogP contribution >= 0.6 is 23.2 Å². The second kappa shape index (κ2) is 7.56. The number of hydrogen-bond donors (Lipinski definition) is 1. The van der Waals surface area contributed by atoms with Crippen LogP contribution in [0, 0.1) is 0 Å². The maximum Gasteiger partial charge on any atom is 0.244 e. The summed E-state index contributed by atoms with van der Waals surface area (Å²) >= 11 is 12.3. The van der Waals surface area contributed by atoms with Gasteiger partial charge in [-0.05, 0) is 48.4 Å². The van der Waals surface area contributed by atoms with Gasteiger partial charge in [0.1, 0.15) is 17.8 Å². The van der Waals surface area contributed by atoms with E-state index in [1.54, 1.807) is 35.0 Å². The van der Waals surface area contributed by atoms with Crippen molar-refractivity contribution in [2.75, 3.05) is 23.4 Å². The zero-order valence-corrected chi connectivity index (χ0v) is 18.5. The Labute approximate surface area is 193 Å².